The van der Waals surface area contributed by atoms with Gasteiger partial charge in [0.2, 0.25) is 5.91 Å². The summed E-state index contributed by atoms with van der Waals surface area (Å²) in [6.45, 7) is 3.28. The zero-order valence-corrected chi connectivity index (χ0v) is 16.4. The van der Waals surface area contributed by atoms with E-state index in [1.165, 1.54) is 0 Å². The van der Waals surface area contributed by atoms with Crippen molar-refractivity contribution in [2.24, 2.45) is 11.8 Å². The zero-order chi connectivity index (χ0) is 20.6. The van der Waals surface area contributed by atoms with E-state index >= 15 is 0 Å². The maximum atomic E-state index is 12.7. The molecule has 0 saturated carbocycles. The van der Waals surface area contributed by atoms with Crippen LogP contribution in [0.15, 0.2) is 24.3 Å². The smallest absolute Gasteiger partial charge is 0.342 e. The second kappa shape index (κ2) is 7.64. The van der Waals surface area contributed by atoms with Gasteiger partial charge in [-0.25, -0.2) is 4.79 Å². The van der Waals surface area contributed by atoms with Gasteiger partial charge in [0, 0.05) is 52.0 Å². The number of carbonyl (C=O) groups is 2. The molecule has 1 aromatic rings. The third-order valence-corrected chi connectivity index (χ3v) is 5.77. The van der Waals surface area contributed by atoms with Crippen molar-refractivity contribution in [1.29, 1.82) is 0 Å². The third-order valence-electron chi connectivity index (χ3n) is 5.77. The van der Waals surface area contributed by atoms with Crippen molar-refractivity contribution in [3.63, 3.8) is 0 Å². The fourth-order valence-electron chi connectivity index (χ4n) is 4.43. The number of nitrogens with zero attached hydrogens (tertiary/aromatic N) is 3. The van der Waals surface area contributed by atoms with E-state index in [0.29, 0.717) is 19.6 Å². The second-order valence-corrected chi connectivity index (χ2v) is 7.97. The van der Waals surface area contributed by atoms with Gasteiger partial charge in [0.05, 0.1) is 12.5 Å². The molecule has 2 heterocycles. The van der Waals surface area contributed by atoms with Crippen molar-refractivity contribution in [1.82, 2.24) is 14.7 Å². The molecule has 1 aromatic carbocycles. The van der Waals surface area contributed by atoms with Crippen LogP contribution in [-0.2, 0) is 4.79 Å². The van der Waals surface area contributed by atoms with Gasteiger partial charge in [0.1, 0.15) is 0 Å². The Morgan fingerprint density at radius 2 is 1.82 bits per heavy atom. The molecule has 8 heteroatoms. The summed E-state index contributed by atoms with van der Waals surface area (Å²) in [7, 11) is 3.41. The molecule has 0 radical (unpaired) electrons. The maximum absolute atomic E-state index is 12.7. The molecule has 0 unspecified atom stereocenters. The number of hydrogen-bond donors (Lipinski definition) is 0. The van der Waals surface area contributed by atoms with Crippen LogP contribution in [0.1, 0.15) is 30.0 Å². The summed E-state index contributed by atoms with van der Waals surface area (Å²) in [6.07, 6.45) is -5.94. The van der Waals surface area contributed by atoms with Crippen LogP contribution in [0.3, 0.4) is 0 Å². The van der Waals surface area contributed by atoms with E-state index in [1.807, 2.05) is 36.1 Å². The lowest BCUT2D eigenvalue weighted by Gasteiger charge is -2.32. The highest BCUT2D eigenvalue weighted by molar-refractivity contribution is 5.77. The Hall–Kier alpha value is -2.25. The highest BCUT2D eigenvalue weighted by atomic mass is 19.4. The Labute approximate surface area is 163 Å². The average molecular weight is 397 g/mol. The Morgan fingerprint density at radius 3 is 2.43 bits per heavy atom. The van der Waals surface area contributed by atoms with E-state index in [4.69, 9.17) is 0 Å². The van der Waals surface area contributed by atoms with Crippen molar-refractivity contribution in [3.05, 3.63) is 35.4 Å². The molecule has 2 saturated heterocycles. The molecule has 0 aromatic heterocycles. The summed E-state index contributed by atoms with van der Waals surface area (Å²) in [4.78, 5) is 30.0. The van der Waals surface area contributed by atoms with E-state index in [0.717, 1.165) is 11.1 Å². The van der Waals surface area contributed by atoms with Gasteiger partial charge in [0.25, 0.3) is 0 Å². The van der Waals surface area contributed by atoms with Crippen LogP contribution in [0.4, 0.5) is 18.0 Å². The third kappa shape index (κ3) is 4.10. The van der Waals surface area contributed by atoms with Crippen molar-refractivity contribution in [3.8, 4) is 0 Å². The van der Waals surface area contributed by atoms with Crippen LogP contribution in [0.5, 0.6) is 0 Å². The Bertz CT molecular complexity index is 750. The van der Waals surface area contributed by atoms with E-state index in [2.05, 4.69) is 0 Å². The van der Waals surface area contributed by atoms with Gasteiger partial charge in [-0.15, -0.1) is 0 Å². The van der Waals surface area contributed by atoms with Crippen LogP contribution in [0, 0.1) is 18.8 Å². The number of hydrogen-bond acceptors (Lipinski definition) is 2. The number of halogens is 3. The van der Waals surface area contributed by atoms with Crippen LogP contribution in [0.25, 0.3) is 0 Å². The fourth-order valence-corrected chi connectivity index (χ4v) is 4.43. The monoisotopic (exact) mass is 397 g/mol. The minimum Gasteiger partial charge on any atom is -0.342 e. The standard InChI is InChI=1S/C20H26F3N3O2/c1-13-6-4-5-7-15(13)18-16-12-25(17(27)8-9-20(21,22)23)10-14(16)11-26(18)19(28)24(2)3/h4-7,14,16,18H,8-12H2,1-3H3/t14-,16-,18+/m1/s1. The molecule has 2 fully saturated rings. The SMILES string of the molecule is Cc1ccccc1[C@H]1[C@@H]2CN(C(=O)CCC(F)(F)F)C[C@@H]2CN1C(=O)N(C)C. The second-order valence-electron chi connectivity index (χ2n) is 7.97. The summed E-state index contributed by atoms with van der Waals surface area (Å²) in [6, 6.07) is 7.58. The van der Waals surface area contributed by atoms with Gasteiger partial charge in [-0.2, -0.15) is 13.2 Å². The molecule has 3 atom stereocenters. The molecule has 0 spiro atoms. The first-order chi connectivity index (χ1) is 13.1. The van der Waals surface area contributed by atoms with E-state index in [1.54, 1.807) is 23.9 Å². The van der Waals surface area contributed by atoms with Gasteiger partial charge >= 0.3 is 12.2 Å². The summed E-state index contributed by atoms with van der Waals surface area (Å²) >= 11 is 0. The zero-order valence-electron chi connectivity index (χ0n) is 16.4. The summed E-state index contributed by atoms with van der Waals surface area (Å²) in [5.41, 5.74) is 2.10. The van der Waals surface area contributed by atoms with Crippen LogP contribution >= 0.6 is 0 Å². The molecule has 28 heavy (non-hydrogen) atoms. The predicted octanol–water partition coefficient (Wildman–Crippen LogP) is 3.45. The first-order valence-electron chi connectivity index (χ1n) is 9.46. The van der Waals surface area contributed by atoms with Gasteiger partial charge in [0.15, 0.2) is 0 Å². The molecule has 2 aliphatic heterocycles. The molecule has 0 bridgehead atoms. The Balaban J connectivity index is 1.81. The van der Waals surface area contributed by atoms with Crippen LogP contribution in [0.2, 0.25) is 0 Å². The molecule has 3 amide bonds. The molecular weight excluding hydrogens is 371 g/mol. The highest BCUT2D eigenvalue weighted by Gasteiger charge is 2.50. The number of aryl methyl sites for hydroxylation is 1. The molecule has 154 valence electrons. The van der Waals surface area contributed by atoms with Gasteiger partial charge in [-0.05, 0) is 18.1 Å². The minimum atomic E-state index is -4.33. The average Bonchev–Trinajstić information content (AvgIpc) is 3.16. The number of alkyl halides is 3. The van der Waals surface area contributed by atoms with Crippen molar-refractivity contribution < 1.29 is 22.8 Å². The largest absolute Gasteiger partial charge is 0.389 e. The van der Waals surface area contributed by atoms with Crippen molar-refractivity contribution in [2.45, 2.75) is 32.0 Å². The summed E-state index contributed by atoms with van der Waals surface area (Å²) in [5.74, 6) is -0.357. The lowest BCUT2D eigenvalue weighted by atomic mass is 9.88. The first kappa shape index (κ1) is 20.5. The van der Waals surface area contributed by atoms with E-state index < -0.39 is 24.9 Å². The fraction of sp³-hybridized carbons (Fsp3) is 0.600. The Kier molecular flexibility index (Phi) is 5.59. The lowest BCUT2D eigenvalue weighted by molar-refractivity contribution is -0.148. The molecule has 5 nitrogen and oxygen atoms in total. The molecule has 0 N–H and O–H groups in total. The molecule has 0 aliphatic carbocycles. The van der Waals surface area contributed by atoms with Gasteiger partial charge in [-0.3, -0.25) is 4.79 Å². The number of urea groups is 1. The lowest BCUT2D eigenvalue weighted by Crippen LogP contribution is -2.42. The highest BCUT2D eigenvalue weighted by Crippen LogP contribution is 2.46. The van der Waals surface area contributed by atoms with Crippen LogP contribution in [-0.4, -0.2) is 66.5 Å². The van der Waals surface area contributed by atoms with Gasteiger partial charge in [-0.1, -0.05) is 24.3 Å². The van der Waals surface area contributed by atoms with Gasteiger partial charge < -0.3 is 14.7 Å². The van der Waals surface area contributed by atoms with E-state index in [9.17, 15) is 22.8 Å². The number of carbonyl (C=O) groups excluding carboxylic acids is 2. The Morgan fingerprint density at radius 1 is 1.14 bits per heavy atom. The minimum absolute atomic E-state index is 0.0276. The summed E-state index contributed by atoms with van der Waals surface area (Å²) in [5, 5.41) is 0. The maximum Gasteiger partial charge on any atom is 0.389 e. The van der Waals surface area contributed by atoms with Crippen molar-refractivity contribution in [2.75, 3.05) is 33.7 Å². The predicted molar refractivity (Wildman–Crippen MR) is 98.6 cm³/mol. The number of amides is 3. The van der Waals surface area contributed by atoms with Crippen LogP contribution < -0.4 is 0 Å². The number of benzene rings is 1. The molecule has 2 aliphatic rings. The first-order valence-corrected chi connectivity index (χ1v) is 9.46. The molecule has 3 rings (SSSR count). The topological polar surface area (TPSA) is 43.9 Å². The summed E-state index contributed by atoms with van der Waals surface area (Å²) < 4.78 is 37.4. The quantitative estimate of drug-likeness (QED) is 0.784. The number of rotatable bonds is 3. The normalized spacial score (nSPS) is 24.4. The molecular formula is C20H26F3N3O2. The van der Waals surface area contributed by atoms with Crippen molar-refractivity contribution >= 4 is 11.9 Å². The van der Waals surface area contributed by atoms with E-state index in [-0.39, 0.29) is 23.9 Å². The number of fused-ring (bicyclic) bond motifs is 1. The number of likely N-dealkylation sites (tertiary alicyclic amines) is 2.